The first kappa shape index (κ1) is 23.0. The molecular weight excluding hydrogens is 426 g/mol. The summed E-state index contributed by atoms with van der Waals surface area (Å²) >= 11 is 0. The van der Waals surface area contributed by atoms with Crippen LogP contribution in [0, 0.1) is 17.3 Å². The van der Waals surface area contributed by atoms with Crippen molar-refractivity contribution in [3.05, 3.63) is 94.1 Å². The fraction of sp³-hybridized carbons (Fsp3) is 0.485. The lowest BCUT2D eigenvalue weighted by Gasteiger charge is -2.48. The molecule has 0 amide bonds. The van der Waals surface area contributed by atoms with Gasteiger partial charge in [-0.25, -0.2) is 0 Å². The van der Waals surface area contributed by atoms with E-state index in [1.165, 1.54) is 60.8 Å². The van der Waals surface area contributed by atoms with E-state index in [9.17, 15) is 4.79 Å². The highest BCUT2D eigenvalue weighted by Crippen LogP contribution is 2.61. The number of nitrogens with one attached hydrogen (secondary N) is 1. The van der Waals surface area contributed by atoms with Gasteiger partial charge >= 0.3 is 0 Å². The third kappa shape index (κ3) is 4.47. The molecule has 0 bridgehead atoms. The van der Waals surface area contributed by atoms with Crippen LogP contribution in [-0.2, 0) is 17.8 Å². The molecule has 2 heteroatoms. The number of hydrogen-bond donors (Lipinski definition) is 1. The van der Waals surface area contributed by atoms with Crippen molar-refractivity contribution in [2.75, 3.05) is 6.54 Å². The minimum Gasteiger partial charge on any atom is -0.312 e. The second-order valence-electron chi connectivity index (χ2n) is 11.8. The summed E-state index contributed by atoms with van der Waals surface area (Å²) < 4.78 is 0. The topological polar surface area (TPSA) is 29.1 Å². The summed E-state index contributed by atoms with van der Waals surface area (Å²) in [5.41, 5.74) is 9.26. The van der Waals surface area contributed by atoms with Crippen LogP contribution in [0.25, 0.3) is 0 Å². The van der Waals surface area contributed by atoms with Crippen LogP contribution in [0.4, 0.5) is 0 Å². The van der Waals surface area contributed by atoms with Gasteiger partial charge in [0.15, 0.2) is 5.78 Å². The second kappa shape index (κ2) is 9.54. The number of carbonyl (C=O) groups is 1. The Bertz CT molecular complexity index is 1140. The van der Waals surface area contributed by atoms with E-state index in [1.807, 2.05) is 6.08 Å². The Morgan fingerprint density at radius 2 is 1.77 bits per heavy atom. The summed E-state index contributed by atoms with van der Waals surface area (Å²) in [6.07, 6.45) is 12.9. The average Bonchev–Trinajstić information content (AvgIpc) is 3.29. The maximum absolute atomic E-state index is 12.7. The van der Waals surface area contributed by atoms with E-state index in [4.69, 9.17) is 0 Å². The highest BCUT2D eigenvalue weighted by Gasteiger charge is 2.49. The van der Waals surface area contributed by atoms with Crippen molar-refractivity contribution in [1.82, 2.24) is 5.32 Å². The molecule has 0 aliphatic heterocycles. The lowest BCUT2D eigenvalue weighted by atomic mass is 9.56. The van der Waals surface area contributed by atoms with Crippen LogP contribution in [0.2, 0.25) is 0 Å². The van der Waals surface area contributed by atoms with Crippen molar-refractivity contribution in [2.45, 2.75) is 77.2 Å². The van der Waals surface area contributed by atoms with Gasteiger partial charge in [0.1, 0.15) is 0 Å². The number of hydrogen-bond acceptors (Lipinski definition) is 2. The lowest BCUT2D eigenvalue weighted by Crippen LogP contribution is -2.37. The molecule has 0 spiro atoms. The van der Waals surface area contributed by atoms with Crippen LogP contribution in [0.15, 0.2) is 77.4 Å². The van der Waals surface area contributed by atoms with Crippen molar-refractivity contribution >= 4 is 5.78 Å². The number of allylic oxidation sites excluding steroid dienone is 4. The van der Waals surface area contributed by atoms with E-state index < -0.39 is 0 Å². The third-order valence-electron chi connectivity index (χ3n) is 9.71. The van der Waals surface area contributed by atoms with E-state index in [-0.39, 0.29) is 5.92 Å². The van der Waals surface area contributed by atoms with E-state index in [0.717, 1.165) is 37.8 Å². The highest BCUT2D eigenvalue weighted by atomic mass is 16.1. The Labute approximate surface area is 210 Å². The van der Waals surface area contributed by atoms with Crippen LogP contribution >= 0.6 is 0 Å². The molecule has 2 saturated carbocycles. The molecule has 182 valence electrons. The van der Waals surface area contributed by atoms with Gasteiger partial charge < -0.3 is 5.32 Å². The summed E-state index contributed by atoms with van der Waals surface area (Å²) in [4.78, 5) is 12.7. The Morgan fingerprint density at radius 1 is 0.943 bits per heavy atom. The highest BCUT2D eigenvalue weighted by molar-refractivity contribution is 5.94. The van der Waals surface area contributed by atoms with Crippen molar-refractivity contribution < 1.29 is 4.79 Å². The summed E-state index contributed by atoms with van der Waals surface area (Å²) in [7, 11) is 0. The van der Waals surface area contributed by atoms with Crippen molar-refractivity contribution in [2.24, 2.45) is 17.3 Å². The first-order valence-corrected chi connectivity index (χ1v) is 13.9. The largest absolute Gasteiger partial charge is 0.312 e. The molecular formula is C33H39NO. The van der Waals surface area contributed by atoms with E-state index in [0.29, 0.717) is 17.6 Å². The Kier molecular flexibility index (Phi) is 6.26. The van der Waals surface area contributed by atoms with Crippen LogP contribution in [0.3, 0.4) is 0 Å². The lowest BCUT2D eigenvalue weighted by molar-refractivity contribution is -0.115. The summed E-state index contributed by atoms with van der Waals surface area (Å²) in [6.45, 7) is 4.43. The Balaban J connectivity index is 1.19. The molecule has 0 saturated heterocycles. The summed E-state index contributed by atoms with van der Waals surface area (Å²) in [6, 6.07) is 19.8. The predicted molar refractivity (Wildman–Crippen MR) is 143 cm³/mol. The van der Waals surface area contributed by atoms with Crippen molar-refractivity contribution in [3.63, 3.8) is 0 Å². The zero-order valence-electron chi connectivity index (χ0n) is 21.2. The number of fused-ring (bicyclic) bond motifs is 4. The predicted octanol–water partition coefficient (Wildman–Crippen LogP) is 7.31. The van der Waals surface area contributed by atoms with Crippen LogP contribution in [-0.4, -0.2) is 12.3 Å². The maximum Gasteiger partial charge on any atom is 0.156 e. The minimum atomic E-state index is 0.256. The monoisotopic (exact) mass is 465 g/mol. The molecule has 1 unspecified atom stereocenters. The van der Waals surface area contributed by atoms with Gasteiger partial charge in [-0.15, -0.1) is 0 Å². The van der Waals surface area contributed by atoms with Gasteiger partial charge in [-0.2, -0.15) is 0 Å². The molecule has 2 aromatic rings. The van der Waals surface area contributed by atoms with Crippen molar-refractivity contribution in [1.29, 1.82) is 0 Å². The van der Waals surface area contributed by atoms with Crippen LogP contribution < -0.4 is 5.32 Å². The summed E-state index contributed by atoms with van der Waals surface area (Å²) in [5, 5.41) is 3.59. The molecule has 0 radical (unpaired) electrons. The molecule has 2 aromatic carbocycles. The fourth-order valence-corrected chi connectivity index (χ4v) is 7.88. The quantitative estimate of drug-likeness (QED) is 0.453. The van der Waals surface area contributed by atoms with Gasteiger partial charge in [0.25, 0.3) is 0 Å². The number of carbonyl (C=O) groups excluding carboxylic acids is 1. The maximum atomic E-state index is 12.7. The molecule has 4 aliphatic rings. The fourth-order valence-electron chi connectivity index (χ4n) is 7.88. The third-order valence-corrected chi connectivity index (χ3v) is 9.71. The average molecular weight is 466 g/mol. The molecule has 1 N–H and O–H groups in total. The Hall–Kier alpha value is -2.45. The normalized spacial score (nSPS) is 29.9. The van der Waals surface area contributed by atoms with Gasteiger partial charge in [0, 0.05) is 18.9 Å². The zero-order valence-corrected chi connectivity index (χ0v) is 21.2. The molecule has 4 aliphatic carbocycles. The minimum absolute atomic E-state index is 0.256. The van der Waals surface area contributed by atoms with E-state index in [1.54, 1.807) is 11.1 Å². The number of benzene rings is 2. The van der Waals surface area contributed by atoms with Gasteiger partial charge in [-0.05, 0) is 103 Å². The molecule has 2 fully saturated rings. The van der Waals surface area contributed by atoms with Gasteiger partial charge in [-0.1, -0.05) is 73.5 Å². The SMILES string of the molecule is C[C@@]12CCC[C@H]1[C@@H]1CCC3=CC(=O)CC(c4ccc(CNCCc5ccccc5)cc4)C3=C1CC2. The number of rotatable bonds is 6. The van der Waals surface area contributed by atoms with Gasteiger partial charge in [0.2, 0.25) is 0 Å². The molecule has 35 heavy (non-hydrogen) atoms. The van der Waals surface area contributed by atoms with E-state index in [2.05, 4.69) is 66.8 Å². The molecule has 6 rings (SSSR count). The van der Waals surface area contributed by atoms with Crippen molar-refractivity contribution in [3.8, 4) is 0 Å². The van der Waals surface area contributed by atoms with E-state index >= 15 is 0 Å². The molecule has 2 nitrogen and oxygen atoms in total. The van der Waals surface area contributed by atoms with Gasteiger partial charge in [-0.3, -0.25) is 4.79 Å². The zero-order chi connectivity index (χ0) is 23.8. The molecule has 0 heterocycles. The van der Waals surface area contributed by atoms with Crippen LogP contribution in [0.1, 0.15) is 80.9 Å². The molecule has 4 atom stereocenters. The van der Waals surface area contributed by atoms with Gasteiger partial charge in [0.05, 0.1) is 0 Å². The second-order valence-corrected chi connectivity index (χ2v) is 11.8. The molecule has 0 aromatic heterocycles. The first-order chi connectivity index (χ1) is 17.1. The van der Waals surface area contributed by atoms with Crippen LogP contribution in [0.5, 0.6) is 0 Å². The number of ketones is 1. The smallest absolute Gasteiger partial charge is 0.156 e. The standard InChI is InChI=1S/C33H39NO/c1-33-17-5-8-31(33)28-14-13-26-20-27(35)21-30(32(26)29(28)15-18-33)25-11-9-24(10-12-25)22-34-19-16-23-6-3-2-4-7-23/h2-4,6-7,9-12,20,28,30-31,34H,5,8,13-19,21-22H2,1H3/t28-,30?,31+,33+/m1/s1. The first-order valence-electron chi connectivity index (χ1n) is 13.9. The Morgan fingerprint density at radius 3 is 2.60 bits per heavy atom. The summed E-state index contributed by atoms with van der Waals surface area (Å²) in [5.74, 6) is 2.20.